The second-order valence-electron chi connectivity index (χ2n) is 4.33. The summed E-state index contributed by atoms with van der Waals surface area (Å²) in [4.78, 5) is 8.49. The molecule has 0 aliphatic heterocycles. The van der Waals surface area contributed by atoms with E-state index in [1.807, 2.05) is 43.8 Å². The van der Waals surface area contributed by atoms with Crippen molar-refractivity contribution in [2.75, 3.05) is 5.32 Å². The van der Waals surface area contributed by atoms with E-state index in [4.69, 9.17) is 4.74 Å². The van der Waals surface area contributed by atoms with Crippen LogP contribution in [0.3, 0.4) is 0 Å². The maximum Gasteiger partial charge on any atom is 0.237 e. The molecule has 5 nitrogen and oxygen atoms in total. The van der Waals surface area contributed by atoms with Gasteiger partial charge in [-0.1, -0.05) is 0 Å². The number of hydrogen-bond donors (Lipinski definition) is 1. The van der Waals surface area contributed by atoms with Crippen LogP contribution >= 0.6 is 0 Å². The Bertz CT molecular complexity index is 507. The van der Waals surface area contributed by atoms with Gasteiger partial charge in [-0.3, -0.25) is 0 Å². The zero-order valence-electron chi connectivity index (χ0n) is 10.9. The molecular formula is C13H18N4O. The summed E-state index contributed by atoms with van der Waals surface area (Å²) in [5.41, 5.74) is 0.884. The van der Waals surface area contributed by atoms with Gasteiger partial charge in [-0.2, -0.15) is 0 Å². The lowest BCUT2D eigenvalue weighted by Gasteiger charge is -2.13. The van der Waals surface area contributed by atoms with E-state index in [0.29, 0.717) is 12.4 Å². The van der Waals surface area contributed by atoms with Crippen LogP contribution in [0.5, 0.6) is 5.88 Å². The summed E-state index contributed by atoms with van der Waals surface area (Å²) in [6.07, 6.45) is 5.54. The fourth-order valence-electron chi connectivity index (χ4n) is 1.58. The first-order valence-corrected chi connectivity index (χ1v) is 5.98. The number of imidazole rings is 1. The van der Waals surface area contributed by atoms with Crippen molar-refractivity contribution in [3.63, 3.8) is 0 Å². The molecule has 0 amide bonds. The van der Waals surface area contributed by atoms with Gasteiger partial charge in [0.05, 0.1) is 18.3 Å². The zero-order chi connectivity index (χ0) is 13.0. The smallest absolute Gasteiger partial charge is 0.237 e. The van der Waals surface area contributed by atoms with Crippen LogP contribution < -0.4 is 10.1 Å². The molecule has 0 spiro atoms. The molecule has 0 saturated carbocycles. The highest BCUT2D eigenvalue weighted by atomic mass is 16.5. The van der Waals surface area contributed by atoms with Crippen molar-refractivity contribution in [2.45, 2.75) is 26.5 Å². The van der Waals surface area contributed by atoms with Gasteiger partial charge in [0.1, 0.15) is 5.82 Å². The Morgan fingerprint density at radius 2 is 2.17 bits per heavy atom. The molecule has 5 heteroatoms. The summed E-state index contributed by atoms with van der Waals surface area (Å²) in [5, 5.41) is 3.29. The van der Waals surface area contributed by atoms with Gasteiger partial charge in [0.15, 0.2) is 0 Å². The highest BCUT2D eigenvalue weighted by molar-refractivity contribution is 5.52. The SMILES string of the molecule is CC(C)Oc1ncccc1NCc1nccn1C. The van der Waals surface area contributed by atoms with E-state index < -0.39 is 0 Å². The number of hydrogen-bond acceptors (Lipinski definition) is 4. The minimum absolute atomic E-state index is 0.105. The molecule has 0 bridgehead atoms. The summed E-state index contributed by atoms with van der Waals surface area (Å²) >= 11 is 0. The fraction of sp³-hybridized carbons (Fsp3) is 0.385. The zero-order valence-corrected chi connectivity index (χ0v) is 10.9. The van der Waals surface area contributed by atoms with Crippen LogP contribution in [0.15, 0.2) is 30.7 Å². The molecule has 2 aromatic heterocycles. The Labute approximate surface area is 107 Å². The Balaban J connectivity index is 2.07. The predicted octanol–water partition coefficient (Wildman–Crippen LogP) is 2.21. The van der Waals surface area contributed by atoms with Crippen molar-refractivity contribution < 1.29 is 4.74 Å². The van der Waals surface area contributed by atoms with Crippen LogP contribution in [0.4, 0.5) is 5.69 Å². The third-order valence-electron chi connectivity index (χ3n) is 2.48. The molecule has 0 aliphatic rings. The summed E-state index contributed by atoms with van der Waals surface area (Å²) in [7, 11) is 1.97. The van der Waals surface area contributed by atoms with Crippen LogP contribution in [0.1, 0.15) is 19.7 Å². The third-order valence-corrected chi connectivity index (χ3v) is 2.48. The van der Waals surface area contributed by atoms with Crippen LogP contribution in [0.2, 0.25) is 0 Å². The van der Waals surface area contributed by atoms with E-state index in [1.54, 1.807) is 12.4 Å². The van der Waals surface area contributed by atoms with Crippen LogP contribution in [-0.4, -0.2) is 20.6 Å². The van der Waals surface area contributed by atoms with Gasteiger partial charge in [0.2, 0.25) is 5.88 Å². The molecule has 96 valence electrons. The van der Waals surface area contributed by atoms with Gasteiger partial charge >= 0.3 is 0 Å². The summed E-state index contributed by atoms with van der Waals surface area (Å²) in [6.45, 7) is 4.61. The predicted molar refractivity (Wildman–Crippen MR) is 70.5 cm³/mol. The number of anilines is 1. The molecule has 0 aromatic carbocycles. The van der Waals surface area contributed by atoms with Crippen molar-refractivity contribution >= 4 is 5.69 Å². The van der Waals surface area contributed by atoms with E-state index in [-0.39, 0.29) is 6.10 Å². The Hall–Kier alpha value is -2.04. The number of rotatable bonds is 5. The highest BCUT2D eigenvalue weighted by Crippen LogP contribution is 2.22. The van der Waals surface area contributed by atoms with E-state index in [9.17, 15) is 0 Å². The summed E-state index contributed by atoms with van der Waals surface area (Å²) < 4.78 is 7.62. The Morgan fingerprint density at radius 3 is 2.83 bits per heavy atom. The van der Waals surface area contributed by atoms with Crippen molar-refractivity contribution in [1.82, 2.24) is 14.5 Å². The lowest BCUT2D eigenvalue weighted by Crippen LogP contribution is -2.11. The van der Waals surface area contributed by atoms with Gasteiger partial charge in [-0.15, -0.1) is 0 Å². The fourth-order valence-corrected chi connectivity index (χ4v) is 1.58. The molecule has 2 aromatic rings. The second kappa shape index (κ2) is 5.53. The Kier molecular flexibility index (Phi) is 3.82. The first kappa shape index (κ1) is 12.4. The van der Waals surface area contributed by atoms with Crippen molar-refractivity contribution in [3.05, 3.63) is 36.5 Å². The normalized spacial score (nSPS) is 10.7. The number of nitrogens with zero attached hydrogens (tertiary/aromatic N) is 3. The lowest BCUT2D eigenvalue weighted by atomic mass is 10.4. The van der Waals surface area contributed by atoms with Crippen LogP contribution in [0.25, 0.3) is 0 Å². The molecule has 18 heavy (non-hydrogen) atoms. The van der Waals surface area contributed by atoms with Gasteiger partial charge < -0.3 is 14.6 Å². The number of aromatic nitrogens is 3. The number of pyridine rings is 1. The molecule has 0 saturated heterocycles. The van der Waals surface area contributed by atoms with E-state index in [2.05, 4.69) is 15.3 Å². The molecule has 0 atom stereocenters. The van der Waals surface area contributed by atoms with Gasteiger partial charge in [0.25, 0.3) is 0 Å². The maximum atomic E-state index is 5.64. The number of ether oxygens (including phenoxy) is 1. The minimum atomic E-state index is 0.105. The standard InChI is InChI=1S/C13H18N4O/c1-10(2)18-13-11(5-4-6-15-13)16-9-12-14-7-8-17(12)3/h4-8,10,16H,9H2,1-3H3. The largest absolute Gasteiger partial charge is 0.473 e. The molecule has 0 radical (unpaired) electrons. The quantitative estimate of drug-likeness (QED) is 0.878. The van der Waals surface area contributed by atoms with E-state index >= 15 is 0 Å². The molecule has 2 heterocycles. The van der Waals surface area contributed by atoms with Gasteiger partial charge in [0, 0.05) is 25.6 Å². The van der Waals surface area contributed by atoms with E-state index in [1.165, 1.54) is 0 Å². The van der Waals surface area contributed by atoms with Crippen molar-refractivity contribution in [3.8, 4) is 5.88 Å². The van der Waals surface area contributed by atoms with E-state index in [0.717, 1.165) is 11.5 Å². The number of aryl methyl sites for hydroxylation is 1. The maximum absolute atomic E-state index is 5.64. The number of nitrogens with one attached hydrogen (secondary N) is 1. The highest BCUT2D eigenvalue weighted by Gasteiger charge is 2.07. The van der Waals surface area contributed by atoms with Crippen molar-refractivity contribution in [2.24, 2.45) is 7.05 Å². The Morgan fingerprint density at radius 1 is 1.33 bits per heavy atom. The lowest BCUT2D eigenvalue weighted by molar-refractivity contribution is 0.234. The minimum Gasteiger partial charge on any atom is -0.473 e. The topological polar surface area (TPSA) is 52.0 Å². The van der Waals surface area contributed by atoms with Crippen molar-refractivity contribution in [1.29, 1.82) is 0 Å². The van der Waals surface area contributed by atoms with Gasteiger partial charge in [-0.05, 0) is 26.0 Å². The molecule has 0 aliphatic carbocycles. The van der Waals surface area contributed by atoms with Crippen LogP contribution in [0, 0.1) is 0 Å². The van der Waals surface area contributed by atoms with Crippen LogP contribution in [-0.2, 0) is 13.6 Å². The monoisotopic (exact) mass is 246 g/mol. The summed E-state index contributed by atoms with van der Waals surface area (Å²) in [6, 6.07) is 3.83. The summed E-state index contributed by atoms with van der Waals surface area (Å²) in [5.74, 6) is 1.59. The molecule has 1 N–H and O–H groups in total. The first-order valence-electron chi connectivity index (χ1n) is 5.98. The average Bonchev–Trinajstić information content (AvgIpc) is 2.73. The van der Waals surface area contributed by atoms with Gasteiger partial charge in [-0.25, -0.2) is 9.97 Å². The third kappa shape index (κ3) is 3.00. The molecular weight excluding hydrogens is 228 g/mol. The second-order valence-corrected chi connectivity index (χ2v) is 4.33. The average molecular weight is 246 g/mol. The molecule has 0 fully saturated rings. The first-order chi connectivity index (χ1) is 8.66. The molecule has 2 rings (SSSR count). The molecule has 0 unspecified atom stereocenters.